The van der Waals surface area contributed by atoms with E-state index in [4.69, 9.17) is 14.6 Å². The lowest BCUT2D eigenvalue weighted by Crippen LogP contribution is -2.37. The van der Waals surface area contributed by atoms with Crippen LogP contribution in [0.1, 0.15) is 59.3 Å². The van der Waals surface area contributed by atoms with Crippen molar-refractivity contribution < 1.29 is 19.4 Å². The van der Waals surface area contributed by atoms with Gasteiger partial charge in [-0.3, -0.25) is 0 Å². The highest BCUT2D eigenvalue weighted by atomic mass is 16.5. The Labute approximate surface area is 140 Å². The lowest BCUT2D eigenvalue weighted by Gasteiger charge is -2.38. The Kier molecular flexibility index (Phi) is 6.26. The highest BCUT2D eigenvalue weighted by Crippen LogP contribution is 2.66. The molecule has 0 aromatic rings. The third-order valence-electron chi connectivity index (χ3n) is 6.39. The fourth-order valence-corrected chi connectivity index (χ4v) is 4.36. The second-order valence-electron chi connectivity index (χ2n) is 7.82. The zero-order valence-corrected chi connectivity index (χ0v) is 14.8. The number of rotatable bonds is 10. The van der Waals surface area contributed by atoms with Gasteiger partial charge >= 0.3 is 5.97 Å². The molecule has 0 amide bonds. The van der Waals surface area contributed by atoms with Crippen molar-refractivity contribution in [3.63, 3.8) is 0 Å². The van der Waals surface area contributed by atoms with Gasteiger partial charge in [-0.05, 0) is 55.3 Å². The largest absolute Gasteiger partial charge is 0.478 e. The summed E-state index contributed by atoms with van der Waals surface area (Å²) in [5.41, 5.74) is 0.757. The molecule has 1 N–H and O–H groups in total. The molecule has 2 aliphatic carbocycles. The summed E-state index contributed by atoms with van der Waals surface area (Å²) in [7, 11) is 0. The summed E-state index contributed by atoms with van der Waals surface area (Å²) in [6, 6.07) is 0. The number of ether oxygens (including phenoxy) is 2. The molecule has 0 aromatic heterocycles. The van der Waals surface area contributed by atoms with Crippen LogP contribution in [0.2, 0.25) is 0 Å². The summed E-state index contributed by atoms with van der Waals surface area (Å²) in [5, 5.41) is 8.46. The van der Waals surface area contributed by atoms with Crippen LogP contribution in [-0.4, -0.2) is 37.0 Å². The topological polar surface area (TPSA) is 55.8 Å². The van der Waals surface area contributed by atoms with Crippen LogP contribution in [-0.2, 0) is 14.3 Å². The van der Waals surface area contributed by atoms with Crippen LogP contribution in [0.25, 0.3) is 0 Å². The summed E-state index contributed by atoms with van der Waals surface area (Å²) in [6.07, 6.45) is 9.71. The molecule has 4 nitrogen and oxygen atoms in total. The smallest absolute Gasteiger partial charge is 0.327 e. The highest BCUT2D eigenvalue weighted by molar-refractivity contribution is 5.79. The number of unbranched alkanes of at least 4 members (excludes halogenated alkanes) is 1. The quantitative estimate of drug-likeness (QED) is 0.486. The first-order chi connectivity index (χ1) is 10.9. The molecule has 0 saturated heterocycles. The zero-order valence-electron chi connectivity index (χ0n) is 14.8. The number of aliphatic carboxylic acids is 1. The molecule has 2 aliphatic rings. The van der Waals surface area contributed by atoms with Crippen LogP contribution in [0.5, 0.6) is 0 Å². The molecule has 2 rings (SSSR count). The Morgan fingerprint density at radius 3 is 2.57 bits per heavy atom. The zero-order chi connectivity index (χ0) is 16.9. The minimum absolute atomic E-state index is 0.342. The fraction of sp³-hybridized carbons (Fsp3) is 0.842. The summed E-state index contributed by atoms with van der Waals surface area (Å²) >= 11 is 0. The third-order valence-corrected chi connectivity index (χ3v) is 6.39. The normalized spacial score (nSPS) is 32.0. The summed E-state index contributed by atoms with van der Waals surface area (Å²) in [4.78, 5) is 10.3. The fourth-order valence-electron chi connectivity index (χ4n) is 4.36. The molecule has 0 aliphatic heterocycles. The van der Waals surface area contributed by atoms with Gasteiger partial charge in [-0.1, -0.05) is 26.8 Å². The molecule has 4 heteroatoms. The van der Waals surface area contributed by atoms with Crippen molar-refractivity contribution in [2.75, 3.05) is 19.8 Å². The molecular weight excluding hydrogens is 292 g/mol. The minimum atomic E-state index is -0.888. The van der Waals surface area contributed by atoms with Crippen molar-refractivity contribution in [2.45, 2.75) is 65.4 Å². The standard InChI is InChI=1S/C19H32O4/c1-18(2)15-9-10-19(18,3)16(14-15)23-13-7-12-22-11-6-4-5-8-17(20)21/h5,8,15-16H,4,6-7,9-14H2,1-3H3,(H,20,21). The van der Waals surface area contributed by atoms with Crippen molar-refractivity contribution in [3.05, 3.63) is 12.2 Å². The van der Waals surface area contributed by atoms with Crippen LogP contribution < -0.4 is 0 Å². The molecular formula is C19H32O4. The third kappa shape index (κ3) is 4.16. The van der Waals surface area contributed by atoms with Crippen LogP contribution in [0, 0.1) is 16.7 Å². The molecule has 3 unspecified atom stereocenters. The van der Waals surface area contributed by atoms with Crippen LogP contribution in [0.3, 0.4) is 0 Å². The monoisotopic (exact) mass is 324 g/mol. The van der Waals surface area contributed by atoms with E-state index in [9.17, 15) is 4.79 Å². The minimum Gasteiger partial charge on any atom is -0.478 e. The summed E-state index contributed by atoms with van der Waals surface area (Å²) in [6.45, 7) is 9.42. The van der Waals surface area contributed by atoms with Gasteiger partial charge in [-0.15, -0.1) is 0 Å². The van der Waals surface area contributed by atoms with E-state index in [2.05, 4.69) is 20.8 Å². The first-order valence-electron chi connectivity index (χ1n) is 8.97. The molecule has 132 valence electrons. The van der Waals surface area contributed by atoms with E-state index in [0.717, 1.165) is 38.4 Å². The van der Waals surface area contributed by atoms with Crippen molar-refractivity contribution >= 4 is 5.97 Å². The van der Waals surface area contributed by atoms with Gasteiger partial charge in [0.15, 0.2) is 0 Å². The van der Waals surface area contributed by atoms with Gasteiger partial charge in [0.2, 0.25) is 0 Å². The van der Waals surface area contributed by atoms with Crippen LogP contribution >= 0.6 is 0 Å². The van der Waals surface area contributed by atoms with Gasteiger partial charge in [-0.25, -0.2) is 4.79 Å². The number of carboxylic acids is 1. The van der Waals surface area contributed by atoms with Crippen molar-refractivity contribution in [1.29, 1.82) is 0 Å². The van der Waals surface area contributed by atoms with Gasteiger partial charge < -0.3 is 14.6 Å². The van der Waals surface area contributed by atoms with Gasteiger partial charge in [0.05, 0.1) is 6.10 Å². The molecule has 3 atom stereocenters. The van der Waals surface area contributed by atoms with E-state index in [1.165, 1.54) is 25.3 Å². The Bertz CT molecular complexity index is 429. The van der Waals surface area contributed by atoms with E-state index in [1.807, 2.05) is 0 Å². The second-order valence-corrected chi connectivity index (χ2v) is 7.82. The summed E-state index contributed by atoms with van der Waals surface area (Å²) in [5.74, 6) is -0.0619. The Morgan fingerprint density at radius 1 is 1.22 bits per heavy atom. The van der Waals surface area contributed by atoms with E-state index in [1.54, 1.807) is 6.08 Å². The number of carbonyl (C=O) groups is 1. The first-order valence-corrected chi connectivity index (χ1v) is 8.97. The van der Waals surface area contributed by atoms with Gasteiger partial charge in [0, 0.05) is 25.9 Å². The molecule has 23 heavy (non-hydrogen) atoms. The number of fused-ring (bicyclic) bond motifs is 2. The summed E-state index contributed by atoms with van der Waals surface area (Å²) < 4.78 is 11.8. The molecule has 0 spiro atoms. The Hall–Kier alpha value is -0.870. The predicted octanol–water partition coefficient (Wildman–Crippen LogP) is 4.05. The molecule has 0 heterocycles. The number of hydrogen-bond donors (Lipinski definition) is 1. The Balaban J connectivity index is 1.51. The highest BCUT2D eigenvalue weighted by Gasteiger charge is 2.61. The van der Waals surface area contributed by atoms with Crippen LogP contribution in [0.4, 0.5) is 0 Å². The number of hydrogen-bond acceptors (Lipinski definition) is 3. The molecule has 2 bridgehead atoms. The van der Waals surface area contributed by atoms with E-state index in [-0.39, 0.29) is 0 Å². The maximum Gasteiger partial charge on any atom is 0.327 e. The molecule has 2 saturated carbocycles. The average molecular weight is 324 g/mol. The van der Waals surface area contributed by atoms with E-state index in [0.29, 0.717) is 23.5 Å². The van der Waals surface area contributed by atoms with Gasteiger partial charge in [-0.2, -0.15) is 0 Å². The predicted molar refractivity (Wildman–Crippen MR) is 90.4 cm³/mol. The van der Waals surface area contributed by atoms with E-state index >= 15 is 0 Å². The number of allylic oxidation sites excluding steroid dienone is 1. The van der Waals surface area contributed by atoms with Gasteiger partial charge in [0.25, 0.3) is 0 Å². The lowest BCUT2D eigenvalue weighted by molar-refractivity contribution is -0.131. The van der Waals surface area contributed by atoms with Crippen LogP contribution in [0.15, 0.2) is 12.2 Å². The maximum atomic E-state index is 10.3. The van der Waals surface area contributed by atoms with Gasteiger partial charge in [0.1, 0.15) is 0 Å². The van der Waals surface area contributed by atoms with Crippen molar-refractivity contribution in [2.24, 2.45) is 16.7 Å². The maximum absolute atomic E-state index is 10.3. The lowest BCUT2D eigenvalue weighted by atomic mass is 9.70. The molecule has 0 radical (unpaired) electrons. The van der Waals surface area contributed by atoms with Crippen molar-refractivity contribution in [3.8, 4) is 0 Å². The first kappa shape index (κ1) is 18.5. The van der Waals surface area contributed by atoms with E-state index < -0.39 is 5.97 Å². The second kappa shape index (κ2) is 7.80. The number of carboxylic acid groups (broad SMARTS) is 1. The average Bonchev–Trinajstić information content (AvgIpc) is 2.82. The molecule has 0 aromatic carbocycles. The van der Waals surface area contributed by atoms with Crippen molar-refractivity contribution in [1.82, 2.24) is 0 Å². The Morgan fingerprint density at radius 2 is 1.96 bits per heavy atom. The SMILES string of the molecule is CC1(C)C2CCC1(C)C(OCCCOCCCC=CC(=O)O)C2. The molecule has 2 fully saturated rings.